The number of hydroxylamine groups is 8. The Labute approximate surface area is 424 Å². The van der Waals surface area contributed by atoms with Crippen LogP contribution in [0, 0.1) is 24.2 Å². The molecule has 4 saturated heterocycles. The molecule has 4 aliphatic rings. The lowest BCUT2D eigenvalue weighted by molar-refractivity contribution is -0.197. The number of imide groups is 2. The van der Waals surface area contributed by atoms with Crippen molar-refractivity contribution >= 4 is 88.9 Å². The molecule has 2 atom stereocenters. The lowest BCUT2D eigenvalue weighted by Gasteiger charge is -2.30. The van der Waals surface area contributed by atoms with Gasteiger partial charge in [0.15, 0.2) is 0 Å². The summed E-state index contributed by atoms with van der Waals surface area (Å²) in [5.74, 6) is -12.0. The highest BCUT2D eigenvalue weighted by atomic mass is 16.7. The Morgan fingerprint density at radius 2 is 0.919 bits per heavy atom. The third-order valence-electron chi connectivity index (χ3n) is 11.7. The first-order valence-electron chi connectivity index (χ1n) is 23.9. The minimum Gasteiger partial charge on any atom is -0.355 e. The molecule has 0 aliphatic carbocycles. The van der Waals surface area contributed by atoms with Gasteiger partial charge in [-0.2, -0.15) is 10.1 Å². The van der Waals surface area contributed by atoms with Crippen LogP contribution in [0.5, 0.6) is 0 Å². The van der Waals surface area contributed by atoms with Crippen molar-refractivity contribution in [3.8, 4) is 12.3 Å². The molecule has 0 aromatic carbocycles. The minimum absolute atomic E-state index is 0.143. The topological polar surface area (TPSA) is 340 Å². The summed E-state index contributed by atoms with van der Waals surface area (Å²) in [6.45, 7) is 1.74. The quantitative estimate of drug-likeness (QED) is 0.0444. The zero-order valence-electron chi connectivity index (χ0n) is 40.9. The van der Waals surface area contributed by atoms with Gasteiger partial charge >= 0.3 is 23.9 Å². The van der Waals surface area contributed by atoms with Gasteiger partial charge in [0.25, 0.3) is 41.4 Å². The molecule has 2 unspecified atom stereocenters. The lowest BCUT2D eigenvalue weighted by Crippen LogP contribution is -2.49. The van der Waals surface area contributed by atoms with Gasteiger partial charge in [-0.15, -0.1) is 23.1 Å². The first-order chi connectivity index (χ1) is 35.2. The van der Waals surface area contributed by atoms with E-state index in [-0.39, 0.29) is 51.6 Å². The highest BCUT2D eigenvalue weighted by molar-refractivity contribution is 6.02. The molecule has 0 spiro atoms. The maximum atomic E-state index is 14.5. The second kappa shape index (κ2) is 28.7. The van der Waals surface area contributed by atoms with Gasteiger partial charge < -0.3 is 44.7 Å². The SMILES string of the molecule is C#CC(=O)NCC(CNC(=O)C(C)C=C)C(=O)N(CCC(=O)N(CCC(=O)ON1CCCC1=O)CCC(=O)ON1C(=O)CCC1=O)CCC(=O)N(CCC(=O)ON1CCCC1=O)CCC(=O)ON1C(=O)CCC1=O. The van der Waals surface area contributed by atoms with E-state index in [2.05, 4.69) is 17.2 Å². The number of carbonyl (C=O) groups excluding carboxylic acids is 15. The molecule has 4 fully saturated rings. The maximum absolute atomic E-state index is 14.5. The van der Waals surface area contributed by atoms with Crippen molar-refractivity contribution in [2.75, 3.05) is 65.4 Å². The molecule has 4 rings (SSSR count). The van der Waals surface area contributed by atoms with Crippen molar-refractivity contribution in [2.45, 2.75) is 96.8 Å². The molecule has 74 heavy (non-hydrogen) atoms. The average molecular weight is 1040 g/mol. The van der Waals surface area contributed by atoms with Gasteiger partial charge in [0.2, 0.25) is 23.6 Å². The number of nitrogens with zero attached hydrogens (tertiary/aromatic N) is 7. The Morgan fingerprint density at radius 1 is 0.554 bits per heavy atom. The van der Waals surface area contributed by atoms with Crippen molar-refractivity contribution in [1.29, 1.82) is 0 Å². The lowest BCUT2D eigenvalue weighted by atomic mass is 10.1. The van der Waals surface area contributed by atoms with E-state index in [1.165, 1.54) is 13.0 Å². The normalized spacial score (nSPS) is 16.1. The highest BCUT2D eigenvalue weighted by Gasteiger charge is 2.35. The fourth-order valence-corrected chi connectivity index (χ4v) is 7.39. The molecule has 28 nitrogen and oxygen atoms in total. The number of rotatable bonds is 29. The Kier molecular flexibility index (Phi) is 22.6. The van der Waals surface area contributed by atoms with Crippen molar-refractivity contribution in [1.82, 2.24) is 45.6 Å². The third kappa shape index (κ3) is 18.1. The number of terminal acetylenes is 1. The standard InChI is InChI=1S/C46H59N9O19/c1-4-30(3)45(69)48-29-31(28-47-32(56)5-2)46(70)51(22-14-33(57)49(24-16-41(65)71-52-20-6-8-35(52)59)26-18-43(67)73-54-37(61)10-11-38(54)62)23-15-34(58)50(25-17-42(66)72-53-21-7-9-36(53)60)27-19-44(68)74-55-39(63)12-13-40(55)64/h2,4,30-31H,1,6-29H2,3H3,(H,47,56)(H,48,69). The summed E-state index contributed by atoms with van der Waals surface area (Å²) in [7, 11) is 0. The first-order valence-corrected chi connectivity index (χ1v) is 23.9. The summed E-state index contributed by atoms with van der Waals surface area (Å²) >= 11 is 0. The maximum Gasteiger partial charge on any atom is 0.334 e. The molecular weight excluding hydrogens is 983 g/mol. The zero-order chi connectivity index (χ0) is 54.5. The van der Waals surface area contributed by atoms with Crippen molar-refractivity contribution in [3.63, 3.8) is 0 Å². The second-order valence-corrected chi connectivity index (χ2v) is 17.1. The van der Waals surface area contributed by atoms with Crippen LogP contribution >= 0.6 is 0 Å². The van der Waals surface area contributed by atoms with Crippen LogP contribution in [0.4, 0.5) is 0 Å². The van der Waals surface area contributed by atoms with E-state index in [4.69, 9.17) is 25.8 Å². The molecule has 0 aromatic rings. The molecule has 0 bridgehead atoms. The second-order valence-electron chi connectivity index (χ2n) is 17.1. The monoisotopic (exact) mass is 1040 g/mol. The van der Waals surface area contributed by atoms with Crippen LogP contribution in [0.2, 0.25) is 0 Å². The van der Waals surface area contributed by atoms with Gasteiger partial charge in [0.05, 0.1) is 50.6 Å². The number of nitrogens with one attached hydrogen (secondary N) is 2. The van der Waals surface area contributed by atoms with Crippen LogP contribution in [0.25, 0.3) is 0 Å². The van der Waals surface area contributed by atoms with Gasteiger partial charge in [0.1, 0.15) is 0 Å². The minimum atomic E-state index is -1.30. The molecule has 0 aromatic heterocycles. The van der Waals surface area contributed by atoms with E-state index < -0.39 is 192 Å². The van der Waals surface area contributed by atoms with E-state index in [1.54, 1.807) is 0 Å². The Morgan fingerprint density at radius 3 is 1.27 bits per heavy atom. The van der Waals surface area contributed by atoms with Gasteiger partial charge in [-0.3, -0.25) is 52.7 Å². The van der Waals surface area contributed by atoms with Crippen molar-refractivity contribution in [3.05, 3.63) is 12.7 Å². The molecule has 0 saturated carbocycles. The van der Waals surface area contributed by atoms with E-state index in [9.17, 15) is 71.9 Å². The molecule has 402 valence electrons. The van der Waals surface area contributed by atoms with Crippen LogP contribution in [-0.2, 0) is 91.3 Å². The molecule has 4 aliphatic heterocycles. The Balaban J connectivity index is 1.57. The van der Waals surface area contributed by atoms with Crippen molar-refractivity contribution < 1.29 is 91.3 Å². The summed E-state index contributed by atoms with van der Waals surface area (Å²) in [4.78, 5) is 215. The largest absolute Gasteiger partial charge is 0.355 e. The number of hydrogen-bond donors (Lipinski definition) is 2. The molecule has 2 N–H and O–H groups in total. The highest BCUT2D eigenvalue weighted by Crippen LogP contribution is 2.17. The molecular formula is C46H59N9O19. The summed E-state index contributed by atoms with van der Waals surface area (Å²) < 4.78 is 0. The number of hydrogen-bond acceptors (Lipinski definition) is 19. The summed E-state index contributed by atoms with van der Waals surface area (Å²) in [6.07, 6.45) is 3.62. The van der Waals surface area contributed by atoms with Crippen LogP contribution < -0.4 is 10.6 Å². The predicted molar refractivity (Wildman–Crippen MR) is 244 cm³/mol. The third-order valence-corrected chi connectivity index (χ3v) is 11.7. The van der Waals surface area contributed by atoms with Crippen LogP contribution in [0.1, 0.15) is 96.8 Å². The van der Waals surface area contributed by atoms with Crippen LogP contribution in [0.3, 0.4) is 0 Å². The van der Waals surface area contributed by atoms with Crippen molar-refractivity contribution in [2.24, 2.45) is 11.8 Å². The van der Waals surface area contributed by atoms with E-state index in [0.29, 0.717) is 23.0 Å². The van der Waals surface area contributed by atoms with Gasteiger partial charge in [-0.1, -0.05) is 13.0 Å². The van der Waals surface area contributed by atoms with Gasteiger partial charge in [0, 0.05) is 104 Å². The molecule has 4 heterocycles. The van der Waals surface area contributed by atoms with Crippen LogP contribution in [0.15, 0.2) is 12.7 Å². The van der Waals surface area contributed by atoms with Gasteiger partial charge in [-0.05, 0) is 18.8 Å². The smallest absolute Gasteiger partial charge is 0.334 e. The van der Waals surface area contributed by atoms with Crippen LogP contribution in [-0.4, -0.2) is 189 Å². The van der Waals surface area contributed by atoms with E-state index in [1.807, 2.05) is 5.92 Å². The zero-order valence-corrected chi connectivity index (χ0v) is 40.9. The number of amides is 11. The molecule has 11 amide bonds. The predicted octanol–water partition coefficient (Wildman–Crippen LogP) is -2.51. The fraction of sp³-hybridized carbons (Fsp3) is 0.587. The average Bonchev–Trinajstić information content (AvgIpc) is 4.14. The van der Waals surface area contributed by atoms with Gasteiger partial charge in [-0.25, -0.2) is 19.2 Å². The summed E-state index contributed by atoms with van der Waals surface area (Å²) in [6, 6.07) is 0. The molecule has 28 heteroatoms. The Bertz CT molecular complexity index is 2150. The number of carbonyl (C=O) groups is 15. The fourth-order valence-electron chi connectivity index (χ4n) is 7.39. The Hall–Kier alpha value is -8.25. The first kappa shape index (κ1) is 58.3. The summed E-state index contributed by atoms with van der Waals surface area (Å²) in [5.41, 5.74) is 0. The molecule has 0 radical (unpaired) electrons. The van der Waals surface area contributed by atoms with E-state index >= 15 is 0 Å². The van der Waals surface area contributed by atoms with E-state index in [0.717, 1.165) is 24.8 Å². The summed E-state index contributed by atoms with van der Waals surface area (Å²) in [5, 5.41) is 7.31.